The first-order valence-electron chi connectivity index (χ1n) is 6.69. The van der Waals surface area contributed by atoms with Crippen LogP contribution in [0.5, 0.6) is 0 Å². The lowest BCUT2D eigenvalue weighted by molar-refractivity contribution is 0.219. The highest BCUT2D eigenvalue weighted by atomic mass is 32.2. The van der Waals surface area contributed by atoms with Crippen LogP contribution < -0.4 is 0 Å². The second kappa shape index (κ2) is 7.62. The van der Waals surface area contributed by atoms with E-state index >= 15 is 0 Å². The van der Waals surface area contributed by atoms with E-state index in [4.69, 9.17) is 5.11 Å². The van der Waals surface area contributed by atoms with Crippen LogP contribution in [0.4, 0.5) is 0 Å². The van der Waals surface area contributed by atoms with E-state index in [2.05, 4.69) is 0 Å². The molecule has 0 bridgehead atoms. The number of aliphatic hydroxyl groups is 1. The molecule has 0 aliphatic carbocycles. The Morgan fingerprint density at radius 3 is 2.21 bits per heavy atom. The Morgan fingerprint density at radius 1 is 1.16 bits per heavy atom. The normalized spacial score (nSPS) is 12.3. The summed E-state index contributed by atoms with van der Waals surface area (Å²) in [6.07, 6.45) is 1.51. The predicted octanol–water partition coefficient (Wildman–Crippen LogP) is 2.00. The third kappa shape index (κ3) is 4.60. The van der Waals surface area contributed by atoms with E-state index in [1.165, 1.54) is 4.31 Å². The molecule has 4 nitrogen and oxygen atoms in total. The van der Waals surface area contributed by atoms with Crippen molar-refractivity contribution in [2.75, 3.05) is 13.2 Å². The maximum Gasteiger partial charge on any atom is 0.218 e. The molecule has 0 unspecified atom stereocenters. The molecule has 0 fully saturated rings. The Morgan fingerprint density at radius 2 is 1.74 bits per heavy atom. The molecule has 1 aromatic carbocycles. The topological polar surface area (TPSA) is 57.6 Å². The van der Waals surface area contributed by atoms with E-state index in [1.807, 2.05) is 44.2 Å². The second-order valence-electron chi connectivity index (χ2n) is 4.55. The summed E-state index contributed by atoms with van der Waals surface area (Å²) >= 11 is 0. The van der Waals surface area contributed by atoms with E-state index in [0.717, 1.165) is 18.4 Å². The van der Waals surface area contributed by atoms with E-state index < -0.39 is 10.0 Å². The quantitative estimate of drug-likeness (QED) is 0.795. The van der Waals surface area contributed by atoms with Gasteiger partial charge in [-0.05, 0) is 18.4 Å². The fourth-order valence-electron chi connectivity index (χ4n) is 2.21. The van der Waals surface area contributed by atoms with Crippen molar-refractivity contribution < 1.29 is 13.5 Å². The fourth-order valence-corrected chi connectivity index (χ4v) is 4.10. The zero-order valence-corrected chi connectivity index (χ0v) is 12.4. The van der Waals surface area contributed by atoms with Crippen LogP contribution in [0.15, 0.2) is 30.3 Å². The highest BCUT2D eigenvalue weighted by molar-refractivity contribution is 7.88. The molecule has 1 rings (SSSR count). The summed E-state index contributed by atoms with van der Waals surface area (Å²) in [5, 5.41) is 9.10. The summed E-state index contributed by atoms with van der Waals surface area (Å²) in [4.78, 5) is 0. The molecule has 0 heterocycles. The summed E-state index contributed by atoms with van der Waals surface area (Å²) in [6.45, 7) is 3.96. The molecule has 0 aliphatic heterocycles. The van der Waals surface area contributed by atoms with Crippen molar-refractivity contribution in [3.8, 4) is 0 Å². The molecule has 5 heteroatoms. The van der Waals surface area contributed by atoms with Gasteiger partial charge in [0.05, 0.1) is 12.4 Å². The Bertz CT molecular complexity index is 455. The molecule has 1 aromatic rings. The summed E-state index contributed by atoms with van der Waals surface area (Å²) in [6, 6.07) is 9.10. The molecule has 0 radical (unpaired) electrons. The van der Waals surface area contributed by atoms with Gasteiger partial charge in [-0.1, -0.05) is 44.2 Å². The predicted molar refractivity (Wildman–Crippen MR) is 77.2 cm³/mol. The van der Waals surface area contributed by atoms with Crippen LogP contribution in [0.1, 0.15) is 32.3 Å². The molecule has 108 valence electrons. The maximum absolute atomic E-state index is 12.5. The molecule has 19 heavy (non-hydrogen) atoms. The first kappa shape index (κ1) is 16.1. The highest BCUT2D eigenvalue weighted by Crippen LogP contribution is 2.17. The number of nitrogens with zero attached hydrogens (tertiary/aromatic N) is 1. The smallest absolute Gasteiger partial charge is 0.218 e. The SMILES string of the molecule is CCC(CC)N(CCO)S(=O)(=O)Cc1ccccc1. The van der Waals surface area contributed by atoms with Gasteiger partial charge in [0.25, 0.3) is 0 Å². The minimum Gasteiger partial charge on any atom is -0.395 e. The lowest BCUT2D eigenvalue weighted by atomic mass is 10.2. The number of hydrogen-bond donors (Lipinski definition) is 1. The summed E-state index contributed by atoms with van der Waals surface area (Å²) in [7, 11) is -3.39. The minimum absolute atomic E-state index is 0.00958. The zero-order chi connectivity index (χ0) is 14.3. The van der Waals surface area contributed by atoms with Gasteiger partial charge in [0, 0.05) is 12.6 Å². The first-order chi connectivity index (χ1) is 9.05. The maximum atomic E-state index is 12.5. The number of benzene rings is 1. The van der Waals surface area contributed by atoms with Crippen molar-refractivity contribution in [2.45, 2.75) is 38.5 Å². The van der Waals surface area contributed by atoms with E-state index in [0.29, 0.717) is 0 Å². The van der Waals surface area contributed by atoms with Crippen molar-refractivity contribution in [1.82, 2.24) is 4.31 Å². The van der Waals surface area contributed by atoms with Gasteiger partial charge in [-0.25, -0.2) is 8.42 Å². The van der Waals surface area contributed by atoms with Crippen LogP contribution in [-0.4, -0.2) is 37.0 Å². The molecule has 0 aromatic heterocycles. The number of aliphatic hydroxyl groups excluding tert-OH is 1. The molecule has 0 atom stereocenters. The molecule has 0 saturated heterocycles. The van der Waals surface area contributed by atoms with Crippen molar-refractivity contribution in [1.29, 1.82) is 0 Å². The number of hydrogen-bond acceptors (Lipinski definition) is 3. The van der Waals surface area contributed by atoms with E-state index in [9.17, 15) is 8.42 Å². The van der Waals surface area contributed by atoms with Gasteiger partial charge in [-0.3, -0.25) is 0 Å². The van der Waals surface area contributed by atoms with Crippen molar-refractivity contribution in [3.63, 3.8) is 0 Å². The molecule has 0 amide bonds. The van der Waals surface area contributed by atoms with Crippen molar-refractivity contribution in [2.24, 2.45) is 0 Å². The zero-order valence-electron chi connectivity index (χ0n) is 11.6. The lowest BCUT2D eigenvalue weighted by Gasteiger charge is -2.29. The third-order valence-electron chi connectivity index (χ3n) is 3.22. The lowest BCUT2D eigenvalue weighted by Crippen LogP contribution is -2.42. The average molecular weight is 285 g/mol. The Hall–Kier alpha value is -0.910. The molecule has 0 saturated carbocycles. The monoisotopic (exact) mass is 285 g/mol. The number of rotatable bonds is 8. The van der Waals surface area contributed by atoms with Gasteiger partial charge in [-0.2, -0.15) is 4.31 Å². The highest BCUT2D eigenvalue weighted by Gasteiger charge is 2.27. The van der Waals surface area contributed by atoms with Crippen LogP contribution in [-0.2, 0) is 15.8 Å². The Labute approximate surface area is 116 Å². The largest absolute Gasteiger partial charge is 0.395 e. The van der Waals surface area contributed by atoms with Crippen LogP contribution >= 0.6 is 0 Å². The fraction of sp³-hybridized carbons (Fsp3) is 0.571. The van der Waals surface area contributed by atoms with Gasteiger partial charge >= 0.3 is 0 Å². The van der Waals surface area contributed by atoms with Crippen molar-refractivity contribution in [3.05, 3.63) is 35.9 Å². The standard InChI is InChI=1S/C14H23NO3S/c1-3-14(4-2)15(10-11-16)19(17,18)12-13-8-6-5-7-9-13/h5-9,14,16H,3-4,10-12H2,1-2H3. The van der Waals surface area contributed by atoms with Crippen LogP contribution in [0.3, 0.4) is 0 Å². The van der Waals surface area contributed by atoms with Crippen molar-refractivity contribution >= 4 is 10.0 Å². The van der Waals surface area contributed by atoms with Gasteiger partial charge in [0.2, 0.25) is 10.0 Å². The van der Waals surface area contributed by atoms with Crippen LogP contribution in [0, 0.1) is 0 Å². The Kier molecular flexibility index (Phi) is 6.48. The van der Waals surface area contributed by atoms with Gasteiger partial charge in [0.15, 0.2) is 0 Å². The van der Waals surface area contributed by atoms with Crippen LogP contribution in [0.25, 0.3) is 0 Å². The molecular formula is C14H23NO3S. The summed E-state index contributed by atoms with van der Waals surface area (Å²) in [5.41, 5.74) is 0.774. The molecular weight excluding hydrogens is 262 g/mol. The van der Waals surface area contributed by atoms with Gasteiger partial charge in [0.1, 0.15) is 0 Å². The Balaban J connectivity index is 2.93. The van der Waals surface area contributed by atoms with Gasteiger partial charge in [-0.15, -0.1) is 0 Å². The second-order valence-corrected chi connectivity index (χ2v) is 6.47. The number of sulfonamides is 1. The molecule has 0 aliphatic rings. The van der Waals surface area contributed by atoms with E-state index in [1.54, 1.807) is 0 Å². The first-order valence-corrected chi connectivity index (χ1v) is 8.30. The average Bonchev–Trinajstić information content (AvgIpc) is 2.39. The minimum atomic E-state index is -3.39. The molecule has 1 N–H and O–H groups in total. The summed E-state index contributed by atoms with van der Waals surface area (Å²) < 4.78 is 26.4. The van der Waals surface area contributed by atoms with Gasteiger partial charge < -0.3 is 5.11 Å². The molecule has 0 spiro atoms. The van der Waals surface area contributed by atoms with Crippen LogP contribution in [0.2, 0.25) is 0 Å². The summed E-state index contributed by atoms with van der Waals surface area (Å²) in [5.74, 6) is -0.00958. The van der Waals surface area contributed by atoms with E-state index in [-0.39, 0.29) is 24.9 Å². The third-order valence-corrected chi connectivity index (χ3v) is 5.11.